The molecule has 8 heteroatoms. The van der Waals surface area contributed by atoms with Gasteiger partial charge in [0.15, 0.2) is 0 Å². The first-order valence-electron chi connectivity index (χ1n) is 12.2. The largest absolute Gasteiger partial charge is 0.370 e. The minimum Gasteiger partial charge on any atom is -0.305 e. The highest BCUT2D eigenvalue weighted by Crippen LogP contribution is 2.68. The Morgan fingerprint density at radius 1 is 0.594 bits per heavy atom. The summed E-state index contributed by atoms with van der Waals surface area (Å²) in [7, 11) is -7.65. The predicted octanol–water partition coefficient (Wildman–Crippen LogP) is 8.27. The highest BCUT2D eigenvalue weighted by molar-refractivity contribution is 7.64. The van der Waals surface area contributed by atoms with E-state index in [9.17, 15) is 9.13 Å². The third-order valence-corrected chi connectivity index (χ3v) is 9.81. The zero-order chi connectivity index (χ0) is 23.5. The summed E-state index contributed by atoms with van der Waals surface area (Å²) in [6.07, 6.45) is 9.98. The Morgan fingerprint density at radius 3 is 1.12 bits per heavy atom. The van der Waals surface area contributed by atoms with Crippen LogP contribution in [0.5, 0.6) is 0 Å². The fourth-order valence-electron chi connectivity index (χ4n) is 4.07. The molecule has 0 spiro atoms. The van der Waals surface area contributed by atoms with Gasteiger partial charge in [-0.3, -0.25) is 9.13 Å². The van der Waals surface area contributed by atoms with Crippen molar-refractivity contribution in [3.8, 4) is 0 Å². The van der Waals surface area contributed by atoms with Crippen molar-refractivity contribution in [3.63, 3.8) is 0 Å². The van der Waals surface area contributed by atoms with Crippen LogP contribution in [-0.4, -0.2) is 26.4 Å². The lowest BCUT2D eigenvalue weighted by Crippen LogP contribution is -2.06. The van der Waals surface area contributed by atoms with Gasteiger partial charge in [0, 0.05) is 0 Å². The first kappa shape index (κ1) is 27.6. The molecule has 2 aliphatic rings. The van der Waals surface area contributed by atoms with Crippen LogP contribution in [0.15, 0.2) is 33.2 Å². The smallest absolute Gasteiger partial charge is 0.305 e. The molecule has 0 radical (unpaired) electrons. The monoisotopic (exact) mass is 486 g/mol. The van der Waals surface area contributed by atoms with E-state index in [1.807, 2.05) is 0 Å². The summed E-state index contributed by atoms with van der Waals surface area (Å²) in [5.41, 5.74) is 8.79. The van der Waals surface area contributed by atoms with Gasteiger partial charge in [-0.15, -0.1) is 11.5 Å². The molecule has 2 fully saturated rings. The molecule has 0 aromatic heterocycles. The number of hydrogen-bond acceptors (Lipinski definition) is 6. The zero-order valence-electron chi connectivity index (χ0n) is 20.2. The van der Waals surface area contributed by atoms with E-state index >= 15 is 0 Å². The van der Waals surface area contributed by atoms with Crippen LogP contribution in [0.3, 0.4) is 0 Å². The van der Waals surface area contributed by atoms with Crippen molar-refractivity contribution in [2.45, 2.75) is 91.9 Å². The first-order valence-corrected chi connectivity index (χ1v) is 15.3. The second kappa shape index (κ2) is 13.9. The van der Waals surface area contributed by atoms with Crippen molar-refractivity contribution in [2.75, 3.05) is 26.4 Å². The molecule has 182 valence electrons. The van der Waals surface area contributed by atoms with Crippen LogP contribution in [-0.2, 0) is 27.2 Å². The molecule has 0 aliphatic heterocycles. The number of allylic oxidation sites excluding steroid dienone is 2. The zero-order valence-corrected chi connectivity index (χ0v) is 22.0. The molecule has 0 amide bonds. The van der Waals surface area contributed by atoms with Crippen LogP contribution in [0.4, 0.5) is 0 Å². The van der Waals surface area contributed by atoms with Gasteiger partial charge in [0.25, 0.3) is 0 Å². The minimum absolute atomic E-state index is 0.168. The summed E-state index contributed by atoms with van der Waals surface area (Å²) in [6, 6.07) is 0. The van der Waals surface area contributed by atoms with E-state index in [-0.39, 0.29) is 37.1 Å². The highest BCUT2D eigenvalue weighted by Gasteiger charge is 2.43. The summed E-state index contributed by atoms with van der Waals surface area (Å²) in [4.78, 5) is 0. The lowest BCUT2D eigenvalue weighted by molar-refractivity contribution is 0.220. The molecule has 6 nitrogen and oxygen atoms in total. The van der Waals surface area contributed by atoms with Crippen molar-refractivity contribution < 1.29 is 27.2 Å². The van der Waals surface area contributed by atoms with E-state index in [0.29, 0.717) is 0 Å². The van der Waals surface area contributed by atoms with Crippen molar-refractivity contribution in [1.82, 2.24) is 0 Å². The van der Waals surface area contributed by atoms with Gasteiger partial charge in [-0.25, -0.2) is 0 Å². The average molecular weight is 487 g/mol. The second-order valence-electron chi connectivity index (χ2n) is 7.94. The fraction of sp³-hybridized carbons (Fsp3) is 0.750. The first-order chi connectivity index (χ1) is 15.4. The molecule has 0 aromatic carbocycles. The van der Waals surface area contributed by atoms with E-state index in [4.69, 9.17) is 18.1 Å². The lowest BCUT2D eigenvalue weighted by Gasteiger charge is -2.25. The number of hydrogen-bond donors (Lipinski definition) is 0. The normalized spacial score (nSPS) is 17.6. The second-order valence-corrected chi connectivity index (χ2v) is 11.9. The predicted molar refractivity (Wildman–Crippen MR) is 129 cm³/mol. The van der Waals surface area contributed by atoms with E-state index in [2.05, 4.69) is 11.5 Å². The molecular formula is C24H40O6P2. The Morgan fingerprint density at radius 2 is 0.875 bits per heavy atom. The quantitative estimate of drug-likeness (QED) is 0.166. The van der Waals surface area contributed by atoms with Crippen LogP contribution in [0.25, 0.3) is 0 Å². The standard InChI is InChI=1S/C24H40O6P2/c1-5-27-31(25,28-6-2)23(19-21-15-11-9-12-16-21)24(20-22-17-13-10-14-18-22)32(26,29-7-3)30-8-4/h5-18H2,1-4H3. The van der Waals surface area contributed by atoms with Gasteiger partial charge < -0.3 is 18.1 Å². The molecule has 0 heterocycles. The lowest BCUT2D eigenvalue weighted by atomic mass is 9.95. The Balaban J connectivity index is 2.88. The molecule has 2 rings (SSSR count). The maximum absolute atomic E-state index is 14.1. The summed E-state index contributed by atoms with van der Waals surface area (Å²) >= 11 is 0. The molecule has 0 atom stereocenters. The van der Waals surface area contributed by atoms with Gasteiger partial charge >= 0.3 is 15.2 Å². The topological polar surface area (TPSA) is 71.1 Å². The van der Waals surface area contributed by atoms with Crippen molar-refractivity contribution in [3.05, 3.63) is 33.2 Å². The van der Waals surface area contributed by atoms with Crippen LogP contribution in [0, 0.1) is 0 Å². The van der Waals surface area contributed by atoms with Crippen LogP contribution in [0.2, 0.25) is 0 Å². The Hall–Kier alpha value is -0.660. The summed E-state index contributed by atoms with van der Waals surface area (Å²) in [5, 5.41) is 0.336. The van der Waals surface area contributed by atoms with Crippen LogP contribution >= 0.6 is 15.2 Å². The van der Waals surface area contributed by atoms with Gasteiger partial charge in [-0.05, 0) is 90.2 Å². The van der Waals surface area contributed by atoms with Gasteiger partial charge in [0.2, 0.25) is 0 Å². The van der Waals surface area contributed by atoms with E-state index < -0.39 is 15.2 Å². The Bertz CT molecular complexity index is 741. The van der Waals surface area contributed by atoms with Crippen molar-refractivity contribution >= 4 is 15.2 Å². The molecular weight excluding hydrogens is 446 g/mol. The molecule has 0 aromatic rings. The average Bonchev–Trinajstić information content (AvgIpc) is 2.78. The van der Waals surface area contributed by atoms with Crippen molar-refractivity contribution in [1.29, 1.82) is 0 Å². The maximum atomic E-state index is 14.1. The number of rotatable bonds is 11. The third-order valence-electron chi connectivity index (χ3n) is 5.47. The van der Waals surface area contributed by atoms with Gasteiger partial charge in [0.1, 0.15) is 10.6 Å². The van der Waals surface area contributed by atoms with Gasteiger partial charge in [-0.2, -0.15) is 0 Å². The molecule has 0 saturated heterocycles. The molecule has 32 heavy (non-hydrogen) atoms. The molecule has 0 N–H and O–H groups in total. The van der Waals surface area contributed by atoms with E-state index in [1.165, 1.54) is 0 Å². The van der Waals surface area contributed by atoms with Gasteiger partial charge in [-0.1, -0.05) is 12.8 Å². The fourth-order valence-corrected chi connectivity index (χ4v) is 8.05. The molecule has 2 saturated carbocycles. The Labute approximate surface area is 194 Å². The molecule has 0 unspecified atom stereocenters. The SMILES string of the molecule is CCOP(=O)(OCC)C(=C=C1CCCCC1)C(=C=C1CCCCC1)P(=O)(OCC)OCC. The molecule has 2 aliphatic carbocycles. The van der Waals surface area contributed by atoms with Crippen molar-refractivity contribution in [2.24, 2.45) is 0 Å². The molecule has 0 bridgehead atoms. The van der Waals surface area contributed by atoms with E-state index in [0.717, 1.165) is 75.4 Å². The minimum atomic E-state index is -3.82. The third kappa shape index (κ3) is 7.69. The van der Waals surface area contributed by atoms with Crippen LogP contribution < -0.4 is 0 Å². The summed E-state index contributed by atoms with van der Waals surface area (Å²) in [6.45, 7) is 7.83. The summed E-state index contributed by atoms with van der Waals surface area (Å²) in [5.74, 6) is 0. The highest BCUT2D eigenvalue weighted by atomic mass is 31.2. The van der Waals surface area contributed by atoms with Gasteiger partial charge in [0.05, 0.1) is 26.4 Å². The maximum Gasteiger partial charge on any atom is 0.370 e. The Kier molecular flexibility index (Phi) is 12.0. The van der Waals surface area contributed by atoms with Crippen LogP contribution in [0.1, 0.15) is 91.9 Å². The van der Waals surface area contributed by atoms with E-state index in [1.54, 1.807) is 27.7 Å². The summed E-state index contributed by atoms with van der Waals surface area (Å²) < 4.78 is 51.0.